The van der Waals surface area contributed by atoms with E-state index in [4.69, 9.17) is 12.2 Å². The SMILES string of the molecule is O=[PH+]c1cccc2sc(=S)[nH]c12. The van der Waals surface area contributed by atoms with E-state index < -0.39 is 8.46 Å². The molecule has 0 saturated heterocycles. The van der Waals surface area contributed by atoms with Crippen molar-refractivity contribution in [3.63, 3.8) is 0 Å². The second kappa shape index (κ2) is 3.05. The van der Waals surface area contributed by atoms with E-state index in [1.165, 1.54) is 11.3 Å². The summed E-state index contributed by atoms with van der Waals surface area (Å²) in [6.07, 6.45) is 0. The Morgan fingerprint density at radius 3 is 3.08 bits per heavy atom. The van der Waals surface area contributed by atoms with E-state index in [1.54, 1.807) is 0 Å². The van der Waals surface area contributed by atoms with Crippen molar-refractivity contribution in [3.8, 4) is 0 Å². The molecule has 0 fully saturated rings. The number of benzene rings is 1. The number of H-pyrrole nitrogens is 1. The summed E-state index contributed by atoms with van der Waals surface area (Å²) in [6, 6.07) is 5.70. The molecule has 0 amide bonds. The maximum Gasteiger partial charge on any atom is 0.365 e. The molecule has 5 heteroatoms. The van der Waals surface area contributed by atoms with Crippen molar-refractivity contribution in [2.45, 2.75) is 0 Å². The largest absolute Gasteiger partial charge is 0.365 e. The van der Waals surface area contributed by atoms with Crippen LogP contribution in [0.15, 0.2) is 18.2 Å². The van der Waals surface area contributed by atoms with Crippen molar-refractivity contribution >= 4 is 47.5 Å². The maximum atomic E-state index is 10.7. The summed E-state index contributed by atoms with van der Waals surface area (Å²) in [6.45, 7) is 0. The predicted molar refractivity (Wildman–Crippen MR) is 55.6 cm³/mol. The van der Waals surface area contributed by atoms with Crippen LogP contribution in [0.4, 0.5) is 0 Å². The fourth-order valence-electron chi connectivity index (χ4n) is 1.06. The van der Waals surface area contributed by atoms with Crippen molar-refractivity contribution in [2.24, 2.45) is 0 Å². The molecular weight excluding hydrogens is 209 g/mol. The van der Waals surface area contributed by atoms with Gasteiger partial charge in [-0.05, 0) is 24.4 Å². The van der Waals surface area contributed by atoms with E-state index in [9.17, 15) is 4.57 Å². The number of rotatable bonds is 1. The highest BCUT2D eigenvalue weighted by molar-refractivity contribution is 7.73. The minimum absolute atomic E-state index is 0.424. The van der Waals surface area contributed by atoms with Crippen molar-refractivity contribution in [3.05, 3.63) is 22.2 Å². The van der Waals surface area contributed by atoms with Gasteiger partial charge in [0, 0.05) is 0 Å². The molecule has 12 heavy (non-hydrogen) atoms. The summed E-state index contributed by atoms with van der Waals surface area (Å²) >= 11 is 6.49. The van der Waals surface area contributed by atoms with Gasteiger partial charge in [-0.3, -0.25) is 0 Å². The van der Waals surface area contributed by atoms with Crippen molar-refractivity contribution < 1.29 is 4.57 Å². The fraction of sp³-hybridized carbons (Fsp3) is 0. The number of para-hydroxylation sites is 1. The second-order valence-electron chi connectivity index (χ2n) is 2.30. The first-order valence-electron chi connectivity index (χ1n) is 3.31. The Hall–Kier alpha value is -0.570. The first-order valence-corrected chi connectivity index (χ1v) is 5.44. The third-order valence-corrected chi connectivity index (χ3v) is 3.40. The first-order chi connectivity index (χ1) is 5.81. The molecule has 1 atom stereocenters. The number of aromatic nitrogens is 1. The third-order valence-electron chi connectivity index (χ3n) is 1.57. The normalized spacial score (nSPS) is 11.0. The van der Waals surface area contributed by atoms with Crippen LogP contribution in [0.3, 0.4) is 0 Å². The minimum atomic E-state index is -0.424. The Balaban J connectivity index is 2.96. The number of nitrogens with one attached hydrogen (secondary N) is 1. The molecule has 0 saturated carbocycles. The Morgan fingerprint density at radius 1 is 1.50 bits per heavy atom. The first kappa shape index (κ1) is 8.05. The van der Waals surface area contributed by atoms with E-state index in [2.05, 4.69) is 4.98 Å². The van der Waals surface area contributed by atoms with Gasteiger partial charge in [-0.1, -0.05) is 10.6 Å². The molecule has 1 aromatic heterocycles. The molecule has 2 rings (SSSR count). The number of aromatic amines is 1. The van der Waals surface area contributed by atoms with Crippen LogP contribution in [0.5, 0.6) is 0 Å². The van der Waals surface area contributed by atoms with Gasteiger partial charge in [0.15, 0.2) is 3.95 Å². The van der Waals surface area contributed by atoms with Crippen LogP contribution in [-0.2, 0) is 4.57 Å². The number of hydrogen-bond acceptors (Lipinski definition) is 3. The van der Waals surface area contributed by atoms with Gasteiger partial charge in [0.1, 0.15) is 5.52 Å². The molecule has 0 radical (unpaired) electrons. The van der Waals surface area contributed by atoms with Crippen molar-refractivity contribution in [1.29, 1.82) is 0 Å². The van der Waals surface area contributed by atoms with E-state index >= 15 is 0 Å². The molecule has 0 spiro atoms. The van der Waals surface area contributed by atoms with Crippen LogP contribution >= 0.6 is 32.0 Å². The van der Waals surface area contributed by atoms with Gasteiger partial charge in [-0.15, -0.1) is 11.3 Å². The van der Waals surface area contributed by atoms with Crippen LogP contribution in [-0.4, -0.2) is 4.98 Å². The summed E-state index contributed by atoms with van der Waals surface area (Å²) < 4.78 is 12.5. The van der Waals surface area contributed by atoms with Gasteiger partial charge >= 0.3 is 8.46 Å². The highest BCUT2D eigenvalue weighted by Gasteiger charge is 2.07. The fourth-order valence-corrected chi connectivity index (χ4v) is 2.75. The van der Waals surface area contributed by atoms with Crippen LogP contribution in [0.1, 0.15) is 0 Å². The molecule has 0 aliphatic rings. The lowest BCUT2D eigenvalue weighted by Crippen LogP contribution is -1.91. The summed E-state index contributed by atoms with van der Waals surface area (Å²) in [5.74, 6) is 0. The third kappa shape index (κ3) is 1.22. The van der Waals surface area contributed by atoms with E-state index in [-0.39, 0.29) is 0 Å². The molecular formula is C7H5NOPS2+. The molecule has 2 aromatic rings. The molecule has 1 aromatic carbocycles. The summed E-state index contributed by atoms with van der Waals surface area (Å²) in [4.78, 5) is 3.02. The minimum Gasteiger partial charge on any atom is -0.333 e. The highest BCUT2D eigenvalue weighted by Crippen LogP contribution is 2.19. The van der Waals surface area contributed by atoms with Gasteiger partial charge in [-0.2, -0.15) is 0 Å². The van der Waals surface area contributed by atoms with Crippen LogP contribution in [0, 0.1) is 3.95 Å². The van der Waals surface area contributed by atoms with Gasteiger partial charge in [0.05, 0.1) is 4.70 Å². The number of thiazole rings is 1. The average molecular weight is 214 g/mol. The Kier molecular flexibility index (Phi) is 2.05. The Labute approximate surface area is 79.5 Å². The zero-order valence-corrected chi connectivity index (χ0v) is 8.59. The van der Waals surface area contributed by atoms with Gasteiger partial charge in [-0.25, -0.2) is 0 Å². The smallest absolute Gasteiger partial charge is 0.333 e. The summed E-state index contributed by atoms with van der Waals surface area (Å²) in [7, 11) is -0.424. The molecule has 60 valence electrons. The van der Waals surface area contributed by atoms with Crippen LogP contribution < -0.4 is 5.30 Å². The standard InChI is InChI=1S/C7H4NOPS2/c9-10-4-2-1-3-5-6(4)8-7(11)12-5/h1-3H,(H,8,11)/p+1. The lowest BCUT2D eigenvalue weighted by molar-refractivity contribution is 0.603. The maximum absolute atomic E-state index is 10.7. The van der Waals surface area contributed by atoms with Crippen molar-refractivity contribution in [1.82, 2.24) is 4.98 Å². The monoisotopic (exact) mass is 214 g/mol. The van der Waals surface area contributed by atoms with Crippen molar-refractivity contribution in [2.75, 3.05) is 0 Å². The highest BCUT2D eigenvalue weighted by atomic mass is 32.1. The second-order valence-corrected chi connectivity index (χ2v) is 4.76. The summed E-state index contributed by atoms with van der Waals surface area (Å²) in [5, 5.41) is 0.819. The van der Waals surface area contributed by atoms with Crippen LogP contribution in [0.2, 0.25) is 0 Å². The zero-order chi connectivity index (χ0) is 8.55. The van der Waals surface area contributed by atoms with Gasteiger partial charge < -0.3 is 4.98 Å². The van der Waals surface area contributed by atoms with E-state index in [0.29, 0.717) is 0 Å². The molecule has 0 aliphatic carbocycles. The van der Waals surface area contributed by atoms with Crippen LogP contribution in [0.25, 0.3) is 10.2 Å². The Bertz CT molecular complexity index is 487. The van der Waals surface area contributed by atoms with E-state index in [0.717, 1.165) is 19.5 Å². The zero-order valence-electron chi connectivity index (χ0n) is 5.96. The molecule has 1 N–H and O–H groups in total. The topological polar surface area (TPSA) is 32.9 Å². The predicted octanol–water partition coefficient (Wildman–Crippen LogP) is 2.61. The molecule has 2 nitrogen and oxygen atoms in total. The lowest BCUT2D eigenvalue weighted by Gasteiger charge is -1.84. The molecule has 1 heterocycles. The summed E-state index contributed by atoms with van der Waals surface area (Å²) in [5.41, 5.74) is 0.917. The molecule has 1 unspecified atom stereocenters. The van der Waals surface area contributed by atoms with Gasteiger partial charge in [0.2, 0.25) is 5.30 Å². The lowest BCUT2D eigenvalue weighted by atomic mass is 10.3. The molecule has 0 bridgehead atoms. The number of hydrogen-bond donors (Lipinski definition) is 1. The Morgan fingerprint density at radius 2 is 2.33 bits per heavy atom. The quantitative estimate of drug-likeness (QED) is 0.584. The van der Waals surface area contributed by atoms with E-state index in [1.807, 2.05) is 18.2 Å². The number of fused-ring (bicyclic) bond motifs is 1. The average Bonchev–Trinajstić information content (AvgIpc) is 2.44. The van der Waals surface area contributed by atoms with Gasteiger partial charge in [0.25, 0.3) is 0 Å². The molecule has 0 aliphatic heterocycles.